The molecule has 14 heavy (non-hydrogen) atoms. The number of rotatable bonds is 6. The quantitative estimate of drug-likeness (QED) is 0.663. The number of aliphatic carboxylic acids is 1. The predicted molar refractivity (Wildman–Crippen MR) is 59.8 cm³/mol. The first-order chi connectivity index (χ1) is 6.79. The van der Waals surface area contributed by atoms with Crippen molar-refractivity contribution in [2.24, 2.45) is 5.92 Å². The Morgan fingerprint density at radius 3 is 2.79 bits per heavy atom. The van der Waals surface area contributed by atoms with E-state index in [2.05, 4.69) is 5.32 Å². The number of carboxylic acid groups (broad SMARTS) is 1. The van der Waals surface area contributed by atoms with Gasteiger partial charge in [-0.15, -0.1) is 0 Å². The minimum Gasteiger partial charge on any atom is -0.481 e. The normalized spacial score (nSPS) is 18.3. The van der Waals surface area contributed by atoms with Gasteiger partial charge in [-0.05, 0) is 49.8 Å². The van der Waals surface area contributed by atoms with Crippen LogP contribution in [0.1, 0.15) is 25.7 Å². The Hall–Kier alpha value is -0.220. The lowest BCUT2D eigenvalue weighted by molar-refractivity contribution is -0.137. The summed E-state index contributed by atoms with van der Waals surface area (Å²) < 4.78 is 0. The van der Waals surface area contributed by atoms with Gasteiger partial charge in [0.05, 0.1) is 0 Å². The van der Waals surface area contributed by atoms with Crippen molar-refractivity contribution in [1.29, 1.82) is 0 Å². The Labute approximate surface area is 89.6 Å². The summed E-state index contributed by atoms with van der Waals surface area (Å²) in [5.74, 6) is 2.71. The molecule has 0 aromatic heterocycles. The Balaban J connectivity index is 1.90. The zero-order valence-corrected chi connectivity index (χ0v) is 9.31. The van der Waals surface area contributed by atoms with E-state index in [-0.39, 0.29) is 6.42 Å². The fourth-order valence-electron chi connectivity index (χ4n) is 1.62. The average molecular weight is 217 g/mol. The SMILES string of the molecule is O=C(O)CCCNCC1CCSCC1. The molecule has 1 aliphatic rings. The topological polar surface area (TPSA) is 49.3 Å². The number of carboxylic acids is 1. The summed E-state index contributed by atoms with van der Waals surface area (Å²) in [5, 5.41) is 11.8. The van der Waals surface area contributed by atoms with Crippen LogP contribution in [0.25, 0.3) is 0 Å². The van der Waals surface area contributed by atoms with E-state index in [9.17, 15) is 4.79 Å². The molecule has 0 saturated carbocycles. The van der Waals surface area contributed by atoms with Gasteiger partial charge in [0.15, 0.2) is 0 Å². The molecule has 0 bridgehead atoms. The molecule has 1 saturated heterocycles. The summed E-state index contributed by atoms with van der Waals surface area (Å²) in [6.45, 7) is 1.91. The monoisotopic (exact) mass is 217 g/mol. The molecule has 1 aliphatic heterocycles. The van der Waals surface area contributed by atoms with Crippen molar-refractivity contribution in [3.05, 3.63) is 0 Å². The van der Waals surface area contributed by atoms with Crippen molar-refractivity contribution in [2.45, 2.75) is 25.7 Å². The summed E-state index contributed by atoms with van der Waals surface area (Å²) >= 11 is 2.04. The summed E-state index contributed by atoms with van der Waals surface area (Å²) in [5.41, 5.74) is 0. The van der Waals surface area contributed by atoms with Gasteiger partial charge in [-0.3, -0.25) is 4.79 Å². The summed E-state index contributed by atoms with van der Waals surface area (Å²) in [6.07, 6.45) is 3.66. The zero-order chi connectivity index (χ0) is 10.2. The highest BCUT2D eigenvalue weighted by molar-refractivity contribution is 7.99. The third kappa shape index (κ3) is 5.50. The van der Waals surface area contributed by atoms with Gasteiger partial charge in [0.25, 0.3) is 0 Å². The van der Waals surface area contributed by atoms with Gasteiger partial charge in [0, 0.05) is 6.42 Å². The Morgan fingerprint density at radius 2 is 2.14 bits per heavy atom. The van der Waals surface area contributed by atoms with Crippen molar-refractivity contribution in [3.63, 3.8) is 0 Å². The van der Waals surface area contributed by atoms with Gasteiger partial charge < -0.3 is 10.4 Å². The first kappa shape index (κ1) is 11.9. The van der Waals surface area contributed by atoms with Gasteiger partial charge in [0.1, 0.15) is 0 Å². The van der Waals surface area contributed by atoms with Crippen LogP contribution in [0.15, 0.2) is 0 Å². The molecule has 1 rings (SSSR count). The first-order valence-electron chi connectivity index (χ1n) is 5.29. The predicted octanol–water partition coefficient (Wildman–Crippen LogP) is 1.58. The fourth-order valence-corrected chi connectivity index (χ4v) is 2.83. The number of hydrogen-bond acceptors (Lipinski definition) is 3. The molecular weight excluding hydrogens is 198 g/mol. The lowest BCUT2D eigenvalue weighted by Gasteiger charge is -2.21. The maximum atomic E-state index is 10.2. The molecule has 0 atom stereocenters. The van der Waals surface area contributed by atoms with E-state index in [0.29, 0.717) is 0 Å². The van der Waals surface area contributed by atoms with Crippen LogP contribution in [-0.2, 0) is 4.79 Å². The molecule has 0 aromatic carbocycles. The molecule has 3 nitrogen and oxygen atoms in total. The van der Waals surface area contributed by atoms with Gasteiger partial charge in [-0.1, -0.05) is 0 Å². The third-order valence-corrected chi connectivity index (χ3v) is 3.57. The van der Waals surface area contributed by atoms with E-state index in [4.69, 9.17) is 5.11 Å². The van der Waals surface area contributed by atoms with Crippen LogP contribution in [-0.4, -0.2) is 35.7 Å². The third-order valence-electron chi connectivity index (χ3n) is 2.52. The van der Waals surface area contributed by atoms with Gasteiger partial charge in [-0.25, -0.2) is 0 Å². The van der Waals surface area contributed by atoms with E-state index in [1.807, 2.05) is 11.8 Å². The van der Waals surface area contributed by atoms with Crippen molar-refractivity contribution >= 4 is 17.7 Å². The number of carbonyl (C=O) groups is 1. The second-order valence-corrected chi connectivity index (χ2v) is 4.98. The maximum Gasteiger partial charge on any atom is 0.303 e. The van der Waals surface area contributed by atoms with E-state index >= 15 is 0 Å². The molecule has 2 N–H and O–H groups in total. The van der Waals surface area contributed by atoms with Crippen LogP contribution in [0.5, 0.6) is 0 Å². The average Bonchev–Trinajstić information content (AvgIpc) is 2.18. The van der Waals surface area contributed by atoms with Crippen LogP contribution in [0.2, 0.25) is 0 Å². The lowest BCUT2D eigenvalue weighted by Crippen LogP contribution is -2.26. The molecule has 0 spiro atoms. The van der Waals surface area contributed by atoms with Crippen molar-refractivity contribution in [1.82, 2.24) is 5.32 Å². The van der Waals surface area contributed by atoms with Crippen molar-refractivity contribution < 1.29 is 9.90 Å². The number of hydrogen-bond donors (Lipinski definition) is 2. The van der Waals surface area contributed by atoms with Crippen molar-refractivity contribution in [2.75, 3.05) is 24.6 Å². The van der Waals surface area contributed by atoms with E-state index in [1.165, 1.54) is 24.3 Å². The summed E-state index contributed by atoms with van der Waals surface area (Å²) in [7, 11) is 0. The Morgan fingerprint density at radius 1 is 1.43 bits per heavy atom. The van der Waals surface area contributed by atoms with E-state index < -0.39 is 5.97 Å². The summed E-state index contributed by atoms with van der Waals surface area (Å²) in [4.78, 5) is 10.2. The smallest absolute Gasteiger partial charge is 0.303 e. The van der Waals surface area contributed by atoms with Gasteiger partial charge in [0.2, 0.25) is 0 Å². The van der Waals surface area contributed by atoms with Gasteiger partial charge in [-0.2, -0.15) is 11.8 Å². The molecule has 1 heterocycles. The van der Waals surface area contributed by atoms with Crippen LogP contribution in [0, 0.1) is 5.92 Å². The van der Waals surface area contributed by atoms with E-state index in [1.54, 1.807) is 0 Å². The molecule has 0 unspecified atom stereocenters. The molecule has 0 amide bonds. The zero-order valence-electron chi connectivity index (χ0n) is 8.50. The second kappa shape index (κ2) is 7.12. The van der Waals surface area contributed by atoms with Crippen LogP contribution >= 0.6 is 11.8 Å². The first-order valence-corrected chi connectivity index (χ1v) is 6.45. The molecule has 1 fully saturated rings. The minimum absolute atomic E-state index is 0.285. The second-order valence-electron chi connectivity index (χ2n) is 3.76. The van der Waals surface area contributed by atoms with Crippen LogP contribution in [0.3, 0.4) is 0 Å². The molecular formula is C10H19NO2S. The number of nitrogens with one attached hydrogen (secondary N) is 1. The molecule has 0 radical (unpaired) electrons. The molecule has 4 heteroatoms. The Kier molecular flexibility index (Phi) is 6.03. The van der Waals surface area contributed by atoms with Crippen LogP contribution in [0.4, 0.5) is 0 Å². The maximum absolute atomic E-state index is 10.2. The highest BCUT2D eigenvalue weighted by Gasteiger charge is 2.12. The van der Waals surface area contributed by atoms with Gasteiger partial charge >= 0.3 is 5.97 Å². The highest BCUT2D eigenvalue weighted by Crippen LogP contribution is 2.21. The van der Waals surface area contributed by atoms with Crippen molar-refractivity contribution in [3.8, 4) is 0 Å². The standard InChI is InChI=1S/C10H19NO2S/c12-10(13)2-1-5-11-8-9-3-6-14-7-4-9/h9,11H,1-8H2,(H,12,13). The fraction of sp³-hybridized carbons (Fsp3) is 0.900. The minimum atomic E-state index is -0.694. The molecule has 0 aliphatic carbocycles. The molecule has 82 valence electrons. The highest BCUT2D eigenvalue weighted by atomic mass is 32.2. The van der Waals surface area contributed by atoms with E-state index in [0.717, 1.165) is 25.4 Å². The lowest BCUT2D eigenvalue weighted by atomic mass is 10.0. The number of thioether (sulfide) groups is 1. The largest absolute Gasteiger partial charge is 0.481 e. The van der Waals surface area contributed by atoms with Crippen LogP contribution < -0.4 is 5.32 Å². The molecule has 0 aromatic rings. The summed E-state index contributed by atoms with van der Waals surface area (Å²) in [6, 6.07) is 0. The Bertz CT molecular complexity index is 170.